The summed E-state index contributed by atoms with van der Waals surface area (Å²) in [6.45, 7) is 6.24. The molecule has 98 valence electrons. The highest BCUT2D eigenvalue weighted by molar-refractivity contribution is 5.07. The first-order valence-corrected chi connectivity index (χ1v) is 6.50. The van der Waals surface area contributed by atoms with E-state index in [4.69, 9.17) is 0 Å². The summed E-state index contributed by atoms with van der Waals surface area (Å²) in [5.74, 6) is 1.13. The van der Waals surface area contributed by atoms with Gasteiger partial charge in [-0.25, -0.2) is 4.98 Å². The molecule has 0 aromatic carbocycles. The van der Waals surface area contributed by atoms with Crippen LogP contribution in [0.3, 0.4) is 0 Å². The van der Waals surface area contributed by atoms with Crippen LogP contribution in [0.4, 0.5) is 0 Å². The van der Waals surface area contributed by atoms with Gasteiger partial charge in [0.1, 0.15) is 5.82 Å². The van der Waals surface area contributed by atoms with Crippen LogP contribution in [0.1, 0.15) is 25.4 Å². The summed E-state index contributed by atoms with van der Waals surface area (Å²) in [6, 6.07) is 4.80. The minimum absolute atomic E-state index is 0.517. The predicted octanol–water partition coefficient (Wildman–Crippen LogP) is 1.96. The Morgan fingerprint density at radius 1 is 1.33 bits per heavy atom. The standard InChI is InChI=1S/C14H22N4/c1-12(2)16-11-13-5-4-8-18(13)9-6-14-15-7-10-17(14)3/h4-5,7-8,10,12,16H,6,9,11H2,1-3H3. The lowest BCUT2D eigenvalue weighted by Crippen LogP contribution is -2.23. The summed E-state index contributed by atoms with van der Waals surface area (Å²) in [6.07, 6.45) is 6.95. The molecule has 0 aliphatic heterocycles. The zero-order valence-electron chi connectivity index (χ0n) is 11.4. The number of aryl methyl sites for hydroxylation is 3. The van der Waals surface area contributed by atoms with Gasteiger partial charge in [0.15, 0.2) is 0 Å². The smallest absolute Gasteiger partial charge is 0.110 e. The predicted molar refractivity (Wildman–Crippen MR) is 73.3 cm³/mol. The molecule has 0 unspecified atom stereocenters. The van der Waals surface area contributed by atoms with E-state index in [2.05, 4.69) is 51.6 Å². The van der Waals surface area contributed by atoms with E-state index >= 15 is 0 Å². The van der Waals surface area contributed by atoms with Gasteiger partial charge in [0.05, 0.1) is 0 Å². The largest absolute Gasteiger partial charge is 0.350 e. The molecule has 0 atom stereocenters. The second-order valence-electron chi connectivity index (χ2n) is 4.93. The molecule has 0 amide bonds. The van der Waals surface area contributed by atoms with Crippen molar-refractivity contribution in [1.82, 2.24) is 19.4 Å². The van der Waals surface area contributed by atoms with Gasteiger partial charge >= 0.3 is 0 Å². The number of rotatable bonds is 6. The Kier molecular flexibility index (Phi) is 4.20. The molecule has 0 saturated carbocycles. The van der Waals surface area contributed by atoms with Crippen molar-refractivity contribution in [2.45, 2.75) is 39.4 Å². The molecule has 18 heavy (non-hydrogen) atoms. The molecule has 0 spiro atoms. The zero-order chi connectivity index (χ0) is 13.0. The van der Waals surface area contributed by atoms with Crippen molar-refractivity contribution >= 4 is 0 Å². The van der Waals surface area contributed by atoms with Crippen molar-refractivity contribution < 1.29 is 0 Å². The van der Waals surface area contributed by atoms with Crippen LogP contribution in [-0.4, -0.2) is 20.2 Å². The highest BCUT2D eigenvalue weighted by Crippen LogP contribution is 2.05. The maximum Gasteiger partial charge on any atom is 0.110 e. The van der Waals surface area contributed by atoms with Gasteiger partial charge < -0.3 is 14.5 Å². The van der Waals surface area contributed by atoms with Crippen LogP contribution in [-0.2, 0) is 26.6 Å². The highest BCUT2D eigenvalue weighted by atomic mass is 15.1. The lowest BCUT2D eigenvalue weighted by Gasteiger charge is -2.12. The molecule has 0 aliphatic carbocycles. The molecule has 1 N–H and O–H groups in total. The highest BCUT2D eigenvalue weighted by Gasteiger charge is 2.04. The van der Waals surface area contributed by atoms with Crippen LogP contribution in [0.15, 0.2) is 30.7 Å². The molecule has 2 aromatic heterocycles. The van der Waals surface area contributed by atoms with Gasteiger partial charge in [0.25, 0.3) is 0 Å². The van der Waals surface area contributed by atoms with Crippen molar-refractivity contribution in [3.63, 3.8) is 0 Å². The summed E-state index contributed by atoms with van der Waals surface area (Å²) in [7, 11) is 2.04. The first-order valence-electron chi connectivity index (χ1n) is 6.50. The molecule has 2 heterocycles. The van der Waals surface area contributed by atoms with E-state index in [1.165, 1.54) is 5.69 Å². The molecule has 0 fully saturated rings. The van der Waals surface area contributed by atoms with Crippen LogP contribution in [0.5, 0.6) is 0 Å². The van der Waals surface area contributed by atoms with E-state index in [0.29, 0.717) is 6.04 Å². The lowest BCUT2D eigenvalue weighted by atomic mass is 10.3. The third-order valence-corrected chi connectivity index (χ3v) is 3.11. The third kappa shape index (κ3) is 3.23. The van der Waals surface area contributed by atoms with Gasteiger partial charge in [0.2, 0.25) is 0 Å². The minimum Gasteiger partial charge on any atom is -0.350 e. The molecule has 0 bridgehead atoms. The van der Waals surface area contributed by atoms with Crippen LogP contribution in [0.25, 0.3) is 0 Å². The fourth-order valence-electron chi connectivity index (χ4n) is 1.99. The van der Waals surface area contributed by atoms with Crippen molar-refractivity contribution in [2.24, 2.45) is 7.05 Å². The van der Waals surface area contributed by atoms with Crippen LogP contribution < -0.4 is 5.32 Å². The number of nitrogens with zero attached hydrogens (tertiary/aromatic N) is 3. The Balaban J connectivity index is 1.93. The molecular weight excluding hydrogens is 224 g/mol. The molecular formula is C14H22N4. The van der Waals surface area contributed by atoms with Crippen molar-refractivity contribution in [3.05, 3.63) is 42.2 Å². The Bertz CT molecular complexity index is 481. The molecule has 2 rings (SSSR count). The number of imidazole rings is 1. The van der Waals surface area contributed by atoms with E-state index in [0.717, 1.165) is 25.3 Å². The van der Waals surface area contributed by atoms with Gasteiger partial charge in [-0.3, -0.25) is 0 Å². The monoisotopic (exact) mass is 246 g/mol. The second-order valence-corrected chi connectivity index (χ2v) is 4.93. The summed E-state index contributed by atoms with van der Waals surface area (Å²) >= 11 is 0. The SMILES string of the molecule is CC(C)NCc1cccn1CCc1nccn1C. The Morgan fingerprint density at radius 2 is 2.17 bits per heavy atom. The maximum atomic E-state index is 4.35. The normalized spacial score (nSPS) is 11.3. The van der Waals surface area contributed by atoms with Crippen LogP contribution in [0, 0.1) is 0 Å². The van der Waals surface area contributed by atoms with Gasteiger partial charge in [-0.2, -0.15) is 0 Å². The molecule has 4 nitrogen and oxygen atoms in total. The van der Waals surface area contributed by atoms with Gasteiger partial charge in [0, 0.05) is 56.9 Å². The Labute approximate surface area is 109 Å². The van der Waals surface area contributed by atoms with E-state index in [-0.39, 0.29) is 0 Å². The fraction of sp³-hybridized carbons (Fsp3) is 0.500. The van der Waals surface area contributed by atoms with E-state index in [1.807, 2.05) is 19.4 Å². The third-order valence-electron chi connectivity index (χ3n) is 3.11. The summed E-state index contributed by atoms with van der Waals surface area (Å²) in [5.41, 5.74) is 1.33. The molecule has 0 saturated heterocycles. The van der Waals surface area contributed by atoms with Crippen molar-refractivity contribution in [2.75, 3.05) is 0 Å². The average molecular weight is 246 g/mol. The number of hydrogen-bond donors (Lipinski definition) is 1. The quantitative estimate of drug-likeness (QED) is 0.845. The van der Waals surface area contributed by atoms with Crippen LogP contribution in [0.2, 0.25) is 0 Å². The lowest BCUT2D eigenvalue weighted by molar-refractivity contribution is 0.549. The molecule has 0 aliphatic rings. The number of hydrogen-bond acceptors (Lipinski definition) is 2. The number of nitrogens with one attached hydrogen (secondary N) is 1. The van der Waals surface area contributed by atoms with E-state index < -0.39 is 0 Å². The zero-order valence-corrected chi connectivity index (χ0v) is 11.4. The summed E-state index contributed by atoms with van der Waals surface area (Å²) in [4.78, 5) is 4.35. The molecule has 4 heteroatoms. The Hall–Kier alpha value is -1.55. The average Bonchev–Trinajstić information content (AvgIpc) is 2.92. The minimum atomic E-state index is 0.517. The second kappa shape index (κ2) is 5.87. The maximum absolute atomic E-state index is 4.35. The van der Waals surface area contributed by atoms with E-state index in [9.17, 15) is 0 Å². The first kappa shape index (κ1) is 12.9. The topological polar surface area (TPSA) is 34.8 Å². The van der Waals surface area contributed by atoms with E-state index in [1.54, 1.807) is 0 Å². The fourth-order valence-corrected chi connectivity index (χ4v) is 1.99. The molecule has 2 aromatic rings. The molecule has 0 radical (unpaired) electrons. The van der Waals surface area contributed by atoms with Gasteiger partial charge in [-0.1, -0.05) is 13.8 Å². The summed E-state index contributed by atoms with van der Waals surface area (Å²) in [5, 5.41) is 3.45. The van der Waals surface area contributed by atoms with Gasteiger partial charge in [-0.15, -0.1) is 0 Å². The van der Waals surface area contributed by atoms with Gasteiger partial charge in [-0.05, 0) is 12.1 Å². The summed E-state index contributed by atoms with van der Waals surface area (Å²) < 4.78 is 4.37. The van der Waals surface area contributed by atoms with Crippen molar-refractivity contribution in [1.29, 1.82) is 0 Å². The number of aromatic nitrogens is 3. The Morgan fingerprint density at radius 3 is 2.83 bits per heavy atom. The first-order chi connectivity index (χ1) is 8.66. The van der Waals surface area contributed by atoms with Crippen LogP contribution >= 0.6 is 0 Å². The van der Waals surface area contributed by atoms with Crippen molar-refractivity contribution in [3.8, 4) is 0 Å².